The van der Waals surface area contributed by atoms with Crippen LogP contribution in [0.2, 0.25) is 5.02 Å². The van der Waals surface area contributed by atoms with E-state index >= 15 is 0 Å². The highest BCUT2D eigenvalue weighted by molar-refractivity contribution is 6.33. The van der Waals surface area contributed by atoms with Gasteiger partial charge in [0.2, 0.25) is 11.8 Å². The van der Waals surface area contributed by atoms with Crippen LogP contribution in [-0.2, 0) is 9.59 Å². The van der Waals surface area contributed by atoms with E-state index in [1.807, 2.05) is 17.0 Å². The Morgan fingerprint density at radius 3 is 2.60 bits per heavy atom. The molecule has 3 rings (SSSR count). The molecule has 1 aromatic rings. The number of hydrogen-bond acceptors (Lipinski definition) is 3. The van der Waals surface area contributed by atoms with E-state index in [2.05, 4.69) is 22.4 Å². The van der Waals surface area contributed by atoms with Gasteiger partial charge in [0.05, 0.1) is 17.3 Å². The third-order valence-corrected chi connectivity index (χ3v) is 5.12. The molecule has 1 saturated heterocycles. The smallest absolute Gasteiger partial charge is 0.238 e. The minimum atomic E-state index is -0.0797. The average Bonchev–Trinajstić information content (AvgIpc) is 3.10. The molecule has 1 aliphatic carbocycles. The molecule has 1 heterocycles. The topological polar surface area (TPSA) is 52.7 Å². The molecule has 0 unspecified atom stereocenters. The number of piperazine rings is 1. The van der Waals surface area contributed by atoms with E-state index in [9.17, 15) is 9.59 Å². The number of amides is 2. The first-order chi connectivity index (χ1) is 12.1. The molecule has 25 heavy (non-hydrogen) atoms. The van der Waals surface area contributed by atoms with Crippen LogP contribution >= 0.6 is 11.6 Å². The number of carbonyl (C=O) groups excluding carboxylic acids is 2. The van der Waals surface area contributed by atoms with Gasteiger partial charge in [0.25, 0.3) is 0 Å². The van der Waals surface area contributed by atoms with Gasteiger partial charge in [-0.05, 0) is 30.9 Å². The molecule has 1 atom stereocenters. The lowest BCUT2D eigenvalue weighted by Crippen LogP contribution is -2.50. The fraction of sp³-hybridized carbons (Fsp3) is 0.474. The maximum absolute atomic E-state index is 12.3. The van der Waals surface area contributed by atoms with Crippen molar-refractivity contribution >= 4 is 29.1 Å². The number of benzene rings is 1. The van der Waals surface area contributed by atoms with E-state index in [1.165, 1.54) is 0 Å². The summed E-state index contributed by atoms with van der Waals surface area (Å²) < 4.78 is 0. The van der Waals surface area contributed by atoms with Gasteiger partial charge >= 0.3 is 0 Å². The van der Waals surface area contributed by atoms with Crippen molar-refractivity contribution in [1.82, 2.24) is 9.80 Å². The van der Waals surface area contributed by atoms with E-state index in [1.54, 1.807) is 12.1 Å². The number of rotatable bonds is 5. The van der Waals surface area contributed by atoms with Crippen LogP contribution in [0.25, 0.3) is 0 Å². The Kier molecular flexibility index (Phi) is 6.10. The average molecular weight is 362 g/mol. The van der Waals surface area contributed by atoms with Crippen molar-refractivity contribution in [2.45, 2.75) is 19.3 Å². The molecule has 0 radical (unpaired) electrons. The first-order valence-corrected chi connectivity index (χ1v) is 9.21. The number of allylic oxidation sites excluding steroid dienone is 2. The molecule has 0 aromatic heterocycles. The summed E-state index contributed by atoms with van der Waals surface area (Å²) in [5.41, 5.74) is 0.632. The van der Waals surface area contributed by atoms with Gasteiger partial charge < -0.3 is 10.2 Å². The van der Waals surface area contributed by atoms with Gasteiger partial charge in [-0.2, -0.15) is 0 Å². The highest BCUT2D eigenvalue weighted by Gasteiger charge is 2.24. The lowest BCUT2D eigenvalue weighted by atomic mass is 10.0. The van der Waals surface area contributed by atoms with E-state index in [-0.39, 0.29) is 11.8 Å². The van der Waals surface area contributed by atoms with Gasteiger partial charge in [-0.3, -0.25) is 14.5 Å². The van der Waals surface area contributed by atoms with Gasteiger partial charge in [-0.1, -0.05) is 35.9 Å². The first-order valence-electron chi connectivity index (χ1n) is 8.83. The summed E-state index contributed by atoms with van der Waals surface area (Å²) >= 11 is 6.06. The number of halogens is 1. The van der Waals surface area contributed by atoms with Gasteiger partial charge in [0.15, 0.2) is 0 Å². The lowest BCUT2D eigenvalue weighted by molar-refractivity contribution is -0.133. The molecule has 0 spiro atoms. The van der Waals surface area contributed by atoms with Crippen molar-refractivity contribution in [3.05, 3.63) is 41.4 Å². The molecule has 0 saturated carbocycles. The Hall–Kier alpha value is -1.85. The van der Waals surface area contributed by atoms with Gasteiger partial charge in [0.1, 0.15) is 0 Å². The molecule has 2 aliphatic rings. The minimum absolute atomic E-state index is 0.0797. The van der Waals surface area contributed by atoms with Crippen LogP contribution in [0.1, 0.15) is 19.3 Å². The standard InChI is InChI=1S/C19H24ClN3O2/c20-16-7-3-4-8-17(16)21-18(24)14-22-9-11-23(12-10-22)19(25)13-15-5-1-2-6-15/h1,3-5,7-8,15H,2,6,9-14H2,(H,21,24)/t15-/m0/s1. The maximum Gasteiger partial charge on any atom is 0.238 e. The predicted octanol–water partition coefficient (Wildman–Crippen LogP) is 2.78. The van der Waals surface area contributed by atoms with Crippen molar-refractivity contribution in [2.75, 3.05) is 38.0 Å². The predicted molar refractivity (Wildman–Crippen MR) is 99.6 cm³/mol. The van der Waals surface area contributed by atoms with Gasteiger partial charge in [0, 0.05) is 32.6 Å². The number of hydrogen-bond donors (Lipinski definition) is 1. The Bertz CT molecular complexity index is 654. The number of nitrogens with zero attached hydrogens (tertiary/aromatic N) is 2. The molecule has 1 fully saturated rings. The number of para-hydroxylation sites is 1. The highest BCUT2D eigenvalue weighted by Crippen LogP contribution is 2.22. The second-order valence-electron chi connectivity index (χ2n) is 6.65. The summed E-state index contributed by atoms with van der Waals surface area (Å²) in [5, 5.41) is 3.37. The third-order valence-electron chi connectivity index (χ3n) is 4.79. The fourth-order valence-electron chi connectivity index (χ4n) is 3.33. The van der Waals surface area contributed by atoms with E-state index < -0.39 is 0 Å². The molecule has 1 N–H and O–H groups in total. The largest absolute Gasteiger partial charge is 0.340 e. The molecular weight excluding hydrogens is 338 g/mol. The summed E-state index contributed by atoms with van der Waals surface area (Å²) in [6, 6.07) is 7.20. The van der Waals surface area contributed by atoms with Crippen molar-refractivity contribution in [2.24, 2.45) is 5.92 Å². The molecular formula is C19H24ClN3O2. The van der Waals surface area contributed by atoms with Crippen LogP contribution in [0.5, 0.6) is 0 Å². The Morgan fingerprint density at radius 2 is 1.92 bits per heavy atom. The van der Waals surface area contributed by atoms with E-state index in [4.69, 9.17) is 11.6 Å². The van der Waals surface area contributed by atoms with Crippen molar-refractivity contribution in [3.63, 3.8) is 0 Å². The molecule has 5 nitrogen and oxygen atoms in total. The SMILES string of the molecule is O=C(CN1CCN(C(=O)C[C@H]2C=CCC2)CC1)Nc1ccccc1Cl. The zero-order valence-electron chi connectivity index (χ0n) is 14.3. The van der Waals surface area contributed by atoms with Crippen LogP contribution in [0, 0.1) is 5.92 Å². The monoisotopic (exact) mass is 361 g/mol. The summed E-state index contributed by atoms with van der Waals surface area (Å²) in [5.74, 6) is 0.563. The molecule has 1 aliphatic heterocycles. The normalized spacial score (nSPS) is 20.7. The number of nitrogens with one attached hydrogen (secondary N) is 1. The molecule has 0 bridgehead atoms. The van der Waals surface area contributed by atoms with Crippen LogP contribution in [-0.4, -0.2) is 54.3 Å². The zero-order valence-corrected chi connectivity index (χ0v) is 15.0. The molecule has 134 valence electrons. The summed E-state index contributed by atoms with van der Waals surface area (Å²) in [6.07, 6.45) is 7.12. The Labute approximate surface area is 153 Å². The number of carbonyl (C=O) groups is 2. The van der Waals surface area contributed by atoms with Crippen LogP contribution in [0.4, 0.5) is 5.69 Å². The molecule has 1 aromatic carbocycles. The summed E-state index contributed by atoms with van der Waals surface area (Å²) in [7, 11) is 0. The third kappa shape index (κ3) is 5.06. The number of anilines is 1. The van der Waals surface area contributed by atoms with Crippen molar-refractivity contribution < 1.29 is 9.59 Å². The maximum atomic E-state index is 12.3. The minimum Gasteiger partial charge on any atom is -0.340 e. The fourth-order valence-corrected chi connectivity index (χ4v) is 3.51. The van der Waals surface area contributed by atoms with Gasteiger partial charge in [-0.15, -0.1) is 0 Å². The van der Waals surface area contributed by atoms with Crippen molar-refractivity contribution in [3.8, 4) is 0 Å². The zero-order chi connectivity index (χ0) is 17.6. The summed E-state index contributed by atoms with van der Waals surface area (Å²) in [4.78, 5) is 28.5. The van der Waals surface area contributed by atoms with Gasteiger partial charge in [-0.25, -0.2) is 0 Å². The summed E-state index contributed by atoms with van der Waals surface area (Å²) in [6.45, 7) is 3.15. The molecule has 6 heteroatoms. The van der Waals surface area contributed by atoms with Crippen LogP contribution in [0.15, 0.2) is 36.4 Å². The second-order valence-corrected chi connectivity index (χ2v) is 7.06. The van der Waals surface area contributed by atoms with Crippen LogP contribution < -0.4 is 5.32 Å². The lowest BCUT2D eigenvalue weighted by Gasteiger charge is -2.34. The highest BCUT2D eigenvalue weighted by atomic mass is 35.5. The first kappa shape index (κ1) is 18.0. The Morgan fingerprint density at radius 1 is 1.16 bits per heavy atom. The molecule has 2 amide bonds. The van der Waals surface area contributed by atoms with Crippen LogP contribution in [0.3, 0.4) is 0 Å². The van der Waals surface area contributed by atoms with E-state index in [0.717, 1.165) is 25.9 Å². The second kappa shape index (κ2) is 8.50. The van der Waals surface area contributed by atoms with E-state index in [0.29, 0.717) is 42.7 Å². The van der Waals surface area contributed by atoms with Crippen molar-refractivity contribution in [1.29, 1.82) is 0 Å². The Balaban J connectivity index is 1.41. The quantitative estimate of drug-likeness (QED) is 0.820.